The van der Waals surface area contributed by atoms with Crippen molar-refractivity contribution in [2.75, 3.05) is 13.1 Å². The van der Waals surface area contributed by atoms with E-state index in [1.165, 1.54) is 0 Å². The van der Waals surface area contributed by atoms with Crippen LogP contribution < -0.4 is 5.32 Å². The molecule has 3 rings (SSSR count). The van der Waals surface area contributed by atoms with Gasteiger partial charge >= 0.3 is 0 Å². The summed E-state index contributed by atoms with van der Waals surface area (Å²) in [6.07, 6.45) is 3.88. The van der Waals surface area contributed by atoms with E-state index >= 15 is 0 Å². The lowest BCUT2D eigenvalue weighted by molar-refractivity contribution is 0.340. The Balaban J connectivity index is 1.93. The first kappa shape index (κ1) is 10.3. The van der Waals surface area contributed by atoms with E-state index in [-0.39, 0.29) is 0 Å². The zero-order valence-corrected chi connectivity index (χ0v) is 9.45. The third kappa shape index (κ3) is 2.03. The monoisotopic (exact) mass is 230 g/mol. The highest BCUT2D eigenvalue weighted by Gasteiger charge is 2.20. The summed E-state index contributed by atoms with van der Waals surface area (Å²) in [4.78, 5) is 4.30. The molecular weight excluding hydrogens is 216 g/mol. The van der Waals surface area contributed by atoms with Gasteiger partial charge in [0.05, 0.1) is 6.04 Å². The zero-order chi connectivity index (χ0) is 11.5. The SMILES string of the molecule is c1ccc(-c2nnnn2C2CCNCC2)nc1. The maximum absolute atomic E-state index is 4.30. The van der Waals surface area contributed by atoms with Crippen molar-refractivity contribution in [2.24, 2.45) is 0 Å². The highest BCUT2D eigenvalue weighted by Crippen LogP contribution is 2.22. The summed E-state index contributed by atoms with van der Waals surface area (Å²) < 4.78 is 1.91. The van der Waals surface area contributed by atoms with Gasteiger partial charge in [0.15, 0.2) is 0 Å². The molecule has 6 nitrogen and oxygen atoms in total. The van der Waals surface area contributed by atoms with Crippen LogP contribution in [0.3, 0.4) is 0 Å². The van der Waals surface area contributed by atoms with Crippen LogP contribution in [0.1, 0.15) is 18.9 Å². The molecular formula is C11H14N6. The van der Waals surface area contributed by atoms with Crippen molar-refractivity contribution in [3.8, 4) is 11.5 Å². The quantitative estimate of drug-likeness (QED) is 0.820. The van der Waals surface area contributed by atoms with Crippen molar-refractivity contribution >= 4 is 0 Å². The molecule has 1 fully saturated rings. The van der Waals surface area contributed by atoms with Crippen molar-refractivity contribution in [1.29, 1.82) is 0 Å². The molecule has 6 heteroatoms. The van der Waals surface area contributed by atoms with Crippen LogP contribution in [0, 0.1) is 0 Å². The minimum absolute atomic E-state index is 0.378. The fourth-order valence-electron chi connectivity index (χ4n) is 2.15. The standard InChI is InChI=1S/C11H14N6/c1-2-6-13-10(3-1)11-14-15-16-17(11)9-4-7-12-8-5-9/h1-3,6,9,12H,4-5,7-8H2. The molecule has 0 bridgehead atoms. The van der Waals surface area contributed by atoms with Gasteiger partial charge in [0.2, 0.25) is 5.82 Å². The van der Waals surface area contributed by atoms with Crippen LogP contribution in [-0.2, 0) is 0 Å². The van der Waals surface area contributed by atoms with E-state index in [1.54, 1.807) is 6.20 Å². The normalized spacial score (nSPS) is 17.2. The Hall–Kier alpha value is -1.82. The Morgan fingerprint density at radius 1 is 1.24 bits per heavy atom. The van der Waals surface area contributed by atoms with Crippen LogP contribution in [0.4, 0.5) is 0 Å². The number of nitrogens with one attached hydrogen (secondary N) is 1. The van der Waals surface area contributed by atoms with Gasteiger partial charge in [0.25, 0.3) is 0 Å². The van der Waals surface area contributed by atoms with Crippen LogP contribution in [0.15, 0.2) is 24.4 Å². The Kier molecular flexibility index (Phi) is 2.79. The number of hydrogen-bond acceptors (Lipinski definition) is 5. The van der Waals surface area contributed by atoms with Crippen molar-refractivity contribution in [3.63, 3.8) is 0 Å². The molecule has 0 aliphatic carbocycles. The molecule has 0 radical (unpaired) electrons. The van der Waals surface area contributed by atoms with E-state index in [1.807, 2.05) is 22.9 Å². The molecule has 0 atom stereocenters. The second-order valence-corrected chi connectivity index (χ2v) is 4.14. The number of pyridine rings is 1. The molecule has 0 saturated carbocycles. The summed E-state index contributed by atoms with van der Waals surface area (Å²) in [5, 5.41) is 15.3. The van der Waals surface area contributed by atoms with E-state index in [0.29, 0.717) is 6.04 Å². The van der Waals surface area contributed by atoms with E-state index in [2.05, 4.69) is 25.8 Å². The molecule has 3 heterocycles. The lowest BCUT2D eigenvalue weighted by Crippen LogP contribution is -2.30. The third-order valence-corrected chi connectivity index (χ3v) is 3.04. The molecule has 0 unspecified atom stereocenters. The van der Waals surface area contributed by atoms with E-state index in [9.17, 15) is 0 Å². The Morgan fingerprint density at radius 2 is 2.12 bits per heavy atom. The Morgan fingerprint density at radius 3 is 2.88 bits per heavy atom. The molecule has 1 N–H and O–H groups in total. The summed E-state index contributed by atoms with van der Waals surface area (Å²) in [6.45, 7) is 2.04. The summed E-state index contributed by atoms with van der Waals surface area (Å²) >= 11 is 0. The molecule has 0 spiro atoms. The van der Waals surface area contributed by atoms with Gasteiger partial charge in [0.1, 0.15) is 5.69 Å². The Labute approximate surface area is 99.1 Å². The van der Waals surface area contributed by atoms with Gasteiger partial charge in [-0.05, 0) is 48.5 Å². The molecule has 1 aliphatic heterocycles. The summed E-state index contributed by atoms with van der Waals surface area (Å²) in [5.41, 5.74) is 0.830. The largest absolute Gasteiger partial charge is 0.317 e. The highest BCUT2D eigenvalue weighted by atomic mass is 15.6. The van der Waals surface area contributed by atoms with Gasteiger partial charge in [-0.2, -0.15) is 0 Å². The fourth-order valence-corrected chi connectivity index (χ4v) is 2.15. The zero-order valence-electron chi connectivity index (χ0n) is 9.45. The molecule has 1 saturated heterocycles. The van der Waals surface area contributed by atoms with Crippen LogP contribution in [-0.4, -0.2) is 38.3 Å². The van der Waals surface area contributed by atoms with Crippen molar-refractivity contribution in [2.45, 2.75) is 18.9 Å². The van der Waals surface area contributed by atoms with Gasteiger partial charge in [0, 0.05) is 6.20 Å². The maximum atomic E-state index is 4.30. The molecule has 17 heavy (non-hydrogen) atoms. The number of tetrazole rings is 1. The van der Waals surface area contributed by atoms with Crippen LogP contribution in [0.25, 0.3) is 11.5 Å². The summed E-state index contributed by atoms with van der Waals surface area (Å²) in [5.74, 6) is 0.762. The van der Waals surface area contributed by atoms with E-state index in [4.69, 9.17) is 0 Å². The van der Waals surface area contributed by atoms with Crippen molar-refractivity contribution in [1.82, 2.24) is 30.5 Å². The summed E-state index contributed by atoms with van der Waals surface area (Å²) in [7, 11) is 0. The smallest absolute Gasteiger partial charge is 0.200 e. The molecule has 88 valence electrons. The van der Waals surface area contributed by atoms with Gasteiger partial charge < -0.3 is 5.32 Å². The van der Waals surface area contributed by atoms with Crippen LogP contribution in [0.5, 0.6) is 0 Å². The number of aromatic nitrogens is 5. The molecule has 0 amide bonds. The number of piperidine rings is 1. The molecule has 1 aliphatic rings. The predicted octanol–water partition coefficient (Wildman–Crippen LogP) is 0.660. The molecule has 2 aromatic heterocycles. The van der Waals surface area contributed by atoms with E-state index in [0.717, 1.165) is 37.4 Å². The van der Waals surface area contributed by atoms with Crippen LogP contribution in [0.2, 0.25) is 0 Å². The fraction of sp³-hybridized carbons (Fsp3) is 0.455. The average molecular weight is 230 g/mol. The lowest BCUT2D eigenvalue weighted by Gasteiger charge is -2.22. The minimum atomic E-state index is 0.378. The van der Waals surface area contributed by atoms with Gasteiger partial charge in [-0.25, -0.2) is 4.68 Å². The number of nitrogens with zero attached hydrogens (tertiary/aromatic N) is 5. The highest BCUT2D eigenvalue weighted by molar-refractivity contribution is 5.47. The second kappa shape index (κ2) is 4.58. The average Bonchev–Trinajstić information content (AvgIpc) is 2.90. The molecule has 2 aromatic rings. The third-order valence-electron chi connectivity index (χ3n) is 3.04. The number of hydrogen-bond donors (Lipinski definition) is 1. The second-order valence-electron chi connectivity index (χ2n) is 4.14. The first-order valence-electron chi connectivity index (χ1n) is 5.85. The Bertz CT molecular complexity index is 474. The van der Waals surface area contributed by atoms with E-state index < -0.39 is 0 Å². The number of rotatable bonds is 2. The minimum Gasteiger partial charge on any atom is -0.317 e. The van der Waals surface area contributed by atoms with Crippen molar-refractivity contribution < 1.29 is 0 Å². The van der Waals surface area contributed by atoms with Crippen LogP contribution >= 0.6 is 0 Å². The maximum Gasteiger partial charge on any atom is 0.200 e. The van der Waals surface area contributed by atoms with Gasteiger partial charge in [-0.3, -0.25) is 4.98 Å². The first-order chi connectivity index (χ1) is 8.45. The first-order valence-corrected chi connectivity index (χ1v) is 5.85. The van der Waals surface area contributed by atoms with Crippen molar-refractivity contribution in [3.05, 3.63) is 24.4 Å². The topological polar surface area (TPSA) is 68.5 Å². The molecule has 0 aromatic carbocycles. The van der Waals surface area contributed by atoms with Gasteiger partial charge in [-0.15, -0.1) is 5.10 Å². The van der Waals surface area contributed by atoms with Gasteiger partial charge in [-0.1, -0.05) is 6.07 Å². The summed E-state index contributed by atoms with van der Waals surface area (Å²) in [6, 6.07) is 6.15. The lowest BCUT2D eigenvalue weighted by atomic mass is 10.1. The predicted molar refractivity (Wildman–Crippen MR) is 62.2 cm³/mol.